The van der Waals surface area contributed by atoms with Crippen LogP contribution in [0.4, 0.5) is 9.18 Å². The molecule has 2 aromatic heterocycles. The lowest BCUT2D eigenvalue weighted by Crippen LogP contribution is -2.50. The minimum atomic E-state index is -0.896. The number of hydrogen-bond donors (Lipinski definition) is 1. The van der Waals surface area contributed by atoms with Crippen LogP contribution in [0, 0.1) is 11.2 Å². The molecule has 3 rings (SSSR count). The van der Waals surface area contributed by atoms with E-state index in [0.29, 0.717) is 42.0 Å². The molecule has 1 aliphatic heterocycles. The van der Waals surface area contributed by atoms with E-state index in [1.807, 2.05) is 20.8 Å². The van der Waals surface area contributed by atoms with Crippen molar-refractivity contribution in [3.8, 4) is 5.88 Å². The summed E-state index contributed by atoms with van der Waals surface area (Å²) < 4.78 is 19.7. The van der Waals surface area contributed by atoms with Crippen LogP contribution in [-0.4, -0.2) is 69.8 Å². The Hall–Kier alpha value is -2.48. The van der Waals surface area contributed by atoms with Gasteiger partial charge in [-0.3, -0.25) is 4.98 Å². The summed E-state index contributed by atoms with van der Waals surface area (Å²) >= 11 is 0. The molecule has 1 fully saturated rings. The van der Waals surface area contributed by atoms with Gasteiger partial charge in [-0.15, -0.1) is 0 Å². The molecule has 1 saturated heterocycles. The third kappa shape index (κ3) is 4.80. The average molecular weight is 419 g/mol. The van der Waals surface area contributed by atoms with E-state index in [0.717, 1.165) is 19.5 Å². The van der Waals surface area contributed by atoms with Crippen molar-refractivity contribution in [2.75, 3.05) is 33.3 Å². The number of carbonyl (C=O) groups is 1. The zero-order chi connectivity index (χ0) is 22.1. The first-order chi connectivity index (χ1) is 14.0. The van der Waals surface area contributed by atoms with E-state index in [-0.39, 0.29) is 11.2 Å². The van der Waals surface area contributed by atoms with Crippen LogP contribution >= 0.6 is 0 Å². The maximum absolute atomic E-state index is 14.5. The van der Waals surface area contributed by atoms with Crippen LogP contribution < -0.4 is 4.74 Å². The highest BCUT2D eigenvalue weighted by Crippen LogP contribution is 2.33. The fourth-order valence-electron chi connectivity index (χ4n) is 4.12. The van der Waals surface area contributed by atoms with Crippen LogP contribution in [0.5, 0.6) is 5.88 Å². The summed E-state index contributed by atoms with van der Waals surface area (Å²) in [5.41, 5.74) is 1.12. The zero-order valence-electron chi connectivity index (χ0n) is 18.4. The van der Waals surface area contributed by atoms with Crippen molar-refractivity contribution in [2.45, 2.75) is 46.1 Å². The predicted molar refractivity (Wildman–Crippen MR) is 113 cm³/mol. The number of aromatic nitrogens is 2. The Kier molecular flexibility index (Phi) is 6.17. The van der Waals surface area contributed by atoms with Crippen LogP contribution in [0.1, 0.15) is 39.7 Å². The van der Waals surface area contributed by atoms with Gasteiger partial charge < -0.3 is 19.6 Å². The summed E-state index contributed by atoms with van der Waals surface area (Å²) in [6.45, 7) is 10.6. The van der Waals surface area contributed by atoms with E-state index < -0.39 is 11.6 Å². The van der Waals surface area contributed by atoms with Gasteiger partial charge in [-0.05, 0) is 51.6 Å². The number of rotatable bonds is 6. The Morgan fingerprint density at radius 3 is 2.77 bits per heavy atom. The normalized spacial score (nSPS) is 19.9. The lowest BCUT2D eigenvalue weighted by molar-refractivity contribution is 0.0698. The van der Waals surface area contributed by atoms with Crippen molar-refractivity contribution in [2.24, 2.45) is 5.41 Å². The SMILES string of the molecule is COc1ccc2ncc(F)c(CCN3CCC(C)(CN(C(=O)O)C(C)(C)C)C3)c2n1. The summed E-state index contributed by atoms with van der Waals surface area (Å²) in [5.74, 6) is 0.0656. The highest BCUT2D eigenvalue weighted by atomic mass is 19.1. The maximum Gasteiger partial charge on any atom is 0.407 e. The molecular weight excluding hydrogens is 387 g/mol. The quantitative estimate of drug-likeness (QED) is 0.769. The van der Waals surface area contributed by atoms with Gasteiger partial charge in [-0.1, -0.05) is 6.92 Å². The molecule has 1 aliphatic rings. The molecule has 0 radical (unpaired) electrons. The fraction of sp³-hybridized carbons (Fsp3) is 0.591. The van der Waals surface area contributed by atoms with Gasteiger partial charge in [0.05, 0.1) is 24.3 Å². The molecule has 1 atom stereocenters. The van der Waals surface area contributed by atoms with Crippen LogP contribution in [0.3, 0.4) is 0 Å². The molecule has 0 aliphatic carbocycles. The summed E-state index contributed by atoms with van der Waals surface area (Å²) in [6.07, 6.45) is 1.75. The molecule has 0 bridgehead atoms. The smallest absolute Gasteiger partial charge is 0.407 e. The van der Waals surface area contributed by atoms with Crippen LogP contribution in [0.25, 0.3) is 11.0 Å². The molecule has 2 aromatic rings. The highest BCUT2D eigenvalue weighted by molar-refractivity contribution is 5.78. The lowest BCUT2D eigenvalue weighted by Gasteiger charge is -2.39. The second kappa shape index (κ2) is 8.34. The number of pyridine rings is 2. The van der Waals surface area contributed by atoms with Crippen LogP contribution in [-0.2, 0) is 6.42 Å². The number of methoxy groups -OCH3 is 1. The number of hydrogen-bond acceptors (Lipinski definition) is 5. The molecule has 164 valence electrons. The first-order valence-electron chi connectivity index (χ1n) is 10.2. The van der Waals surface area contributed by atoms with E-state index >= 15 is 0 Å². The van der Waals surface area contributed by atoms with Crippen LogP contribution in [0.15, 0.2) is 18.3 Å². The Balaban J connectivity index is 1.71. The largest absolute Gasteiger partial charge is 0.481 e. The fourth-order valence-corrected chi connectivity index (χ4v) is 4.12. The second-order valence-corrected chi connectivity index (χ2v) is 9.43. The Morgan fingerprint density at radius 1 is 1.40 bits per heavy atom. The van der Waals surface area contributed by atoms with Gasteiger partial charge in [0.1, 0.15) is 5.82 Å². The van der Waals surface area contributed by atoms with E-state index in [1.54, 1.807) is 12.1 Å². The number of likely N-dealkylation sites (tertiary alicyclic amines) is 1. The number of amides is 1. The molecular formula is C22H31FN4O3. The Bertz CT molecular complexity index is 930. The van der Waals surface area contributed by atoms with Gasteiger partial charge in [-0.2, -0.15) is 0 Å². The number of nitrogens with zero attached hydrogens (tertiary/aromatic N) is 4. The summed E-state index contributed by atoms with van der Waals surface area (Å²) in [7, 11) is 1.53. The molecule has 30 heavy (non-hydrogen) atoms. The molecule has 0 saturated carbocycles. The minimum absolute atomic E-state index is 0.133. The lowest BCUT2D eigenvalue weighted by atomic mass is 9.87. The third-order valence-electron chi connectivity index (χ3n) is 5.84. The van der Waals surface area contributed by atoms with Gasteiger partial charge in [-0.25, -0.2) is 14.2 Å². The minimum Gasteiger partial charge on any atom is -0.481 e. The Labute approximate surface area is 176 Å². The summed E-state index contributed by atoms with van der Waals surface area (Å²) in [5, 5.41) is 9.62. The van der Waals surface area contributed by atoms with Crippen LogP contribution in [0.2, 0.25) is 0 Å². The molecule has 7 nitrogen and oxygen atoms in total. The van der Waals surface area contributed by atoms with E-state index in [1.165, 1.54) is 18.2 Å². The Morgan fingerprint density at radius 2 is 2.13 bits per heavy atom. The molecule has 0 spiro atoms. The summed E-state index contributed by atoms with van der Waals surface area (Å²) in [4.78, 5) is 24.0. The number of halogens is 1. The van der Waals surface area contributed by atoms with Gasteiger partial charge in [0.15, 0.2) is 0 Å². The summed E-state index contributed by atoms with van der Waals surface area (Å²) in [6, 6.07) is 3.50. The molecule has 8 heteroatoms. The van der Waals surface area contributed by atoms with Crippen molar-refractivity contribution in [3.05, 3.63) is 29.7 Å². The predicted octanol–water partition coefficient (Wildman–Crippen LogP) is 3.81. The van der Waals surface area contributed by atoms with Crippen molar-refractivity contribution >= 4 is 17.1 Å². The van der Waals surface area contributed by atoms with Crippen molar-refractivity contribution < 1.29 is 19.0 Å². The van der Waals surface area contributed by atoms with Gasteiger partial charge in [0, 0.05) is 36.8 Å². The second-order valence-electron chi connectivity index (χ2n) is 9.43. The van der Waals surface area contributed by atoms with E-state index in [2.05, 4.69) is 21.8 Å². The monoisotopic (exact) mass is 418 g/mol. The molecule has 1 unspecified atom stereocenters. The number of fused-ring (bicyclic) bond motifs is 1. The molecule has 0 aromatic carbocycles. The molecule has 3 heterocycles. The topological polar surface area (TPSA) is 78.8 Å². The standard InChI is InChI=1S/C22H31FN4O3/c1-21(2,3)27(20(28)29)14-22(4)9-11-26(13-22)10-8-15-16(23)12-24-17-6-7-18(30-5)25-19(15)17/h6-7,12H,8-11,13-14H2,1-5H3,(H,28,29). The van der Waals surface area contributed by atoms with E-state index in [4.69, 9.17) is 4.74 Å². The van der Waals surface area contributed by atoms with Crippen molar-refractivity contribution in [3.63, 3.8) is 0 Å². The van der Waals surface area contributed by atoms with E-state index in [9.17, 15) is 14.3 Å². The van der Waals surface area contributed by atoms with Gasteiger partial charge >= 0.3 is 6.09 Å². The van der Waals surface area contributed by atoms with Gasteiger partial charge in [0.2, 0.25) is 5.88 Å². The molecule has 1 amide bonds. The zero-order valence-corrected chi connectivity index (χ0v) is 18.4. The highest BCUT2D eigenvalue weighted by Gasteiger charge is 2.39. The van der Waals surface area contributed by atoms with Gasteiger partial charge in [0.25, 0.3) is 0 Å². The first kappa shape index (κ1) is 22.2. The average Bonchev–Trinajstić information content (AvgIpc) is 3.05. The maximum atomic E-state index is 14.5. The van der Waals surface area contributed by atoms with Crippen molar-refractivity contribution in [1.82, 2.24) is 19.8 Å². The number of ether oxygens (including phenoxy) is 1. The number of carboxylic acid groups (broad SMARTS) is 1. The third-order valence-corrected chi connectivity index (χ3v) is 5.84. The first-order valence-corrected chi connectivity index (χ1v) is 10.2. The molecule has 1 N–H and O–H groups in total. The van der Waals surface area contributed by atoms with Crippen molar-refractivity contribution in [1.29, 1.82) is 0 Å².